The van der Waals surface area contributed by atoms with Crippen LogP contribution in [0.5, 0.6) is 0 Å². The predicted molar refractivity (Wildman–Crippen MR) is 32.2 cm³/mol. The lowest BCUT2D eigenvalue weighted by atomic mass is 10.3. The number of isocyanates is 1. The van der Waals surface area contributed by atoms with Crippen molar-refractivity contribution in [2.45, 2.75) is 19.8 Å². The summed E-state index contributed by atoms with van der Waals surface area (Å²) >= 11 is 0. The van der Waals surface area contributed by atoms with Gasteiger partial charge in [0, 0.05) is 6.20 Å². The van der Waals surface area contributed by atoms with Gasteiger partial charge in [-0.3, -0.25) is 0 Å². The number of rotatable bonds is 3. The van der Waals surface area contributed by atoms with Gasteiger partial charge in [-0.2, -0.15) is 4.99 Å². The summed E-state index contributed by atoms with van der Waals surface area (Å²) in [5, 5.41) is 0. The van der Waals surface area contributed by atoms with Crippen molar-refractivity contribution >= 4 is 6.08 Å². The van der Waals surface area contributed by atoms with Crippen LogP contribution in [0.3, 0.4) is 0 Å². The Hall–Kier alpha value is -0.880. The lowest BCUT2D eigenvalue weighted by molar-refractivity contribution is 0.565. The molecule has 0 fully saturated rings. The first-order valence-electron chi connectivity index (χ1n) is 2.63. The Morgan fingerprint density at radius 2 is 2.50 bits per heavy atom. The van der Waals surface area contributed by atoms with E-state index in [4.69, 9.17) is 0 Å². The Labute approximate surface area is 48.9 Å². The monoisotopic (exact) mass is 111 g/mol. The molecule has 0 aliphatic carbocycles. The zero-order valence-corrected chi connectivity index (χ0v) is 4.92. The molecule has 0 rings (SSSR count). The normalized spacial score (nSPS) is 9.12. The molecule has 0 unspecified atom stereocenters. The third-order valence-electron chi connectivity index (χ3n) is 0.688. The minimum Gasteiger partial charge on any atom is -0.211 e. The SMILES string of the molecule is CCCC=CN=C=O. The Balaban J connectivity index is 3.20. The first-order valence-corrected chi connectivity index (χ1v) is 2.63. The maximum atomic E-state index is 9.43. The van der Waals surface area contributed by atoms with Gasteiger partial charge in [0.15, 0.2) is 0 Å². The van der Waals surface area contributed by atoms with Gasteiger partial charge in [0.1, 0.15) is 0 Å². The molecular formula is C6H9NO. The fraction of sp³-hybridized carbons (Fsp3) is 0.500. The van der Waals surface area contributed by atoms with Crippen molar-refractivity contribution in [1.29, 1.82) is 0 Å². The van der Waals surface area contributed by atoms with E-state index >= 15 is 0 Å². The topological polar surface area (TPSA) is 29.4 Å². The second-order valence-corrected chi connectivity index (χ2v) is 1.39. The van der Waals surface area contributed by atoms with Gasteiger partial charge in [-0.05, 0) is 6.42 Å². The molecular weight excluding hydrogens is 102 g/mol. The van der Waals surface area contributed by atoms with E-state index in [0.29, 0.717) is 0 Å². The average molecular weight is 111 g/mol. The van der Waals surface area contributed by atoms with Gasteiger partial charge < -0.3 is 0 Å². The Bertz CT molecular complexity index is 112. The summed E-state index contributed by atoms with van der Waals surface area (Å²) in [6.45, 7) is 2.06. The van der Waals surface area contributed by atoms with Crippen LogP contribution in [-0.4, -0.2) is 6.08 Å². The van der Waals surface area contributed by atoms with Gasteiger partial charge in [0.2, 0.25) is 6.08 Å². The molecule has 0 saturated heterocycles. The molecule has 8 heavy (non-hydrogen) atoms. The molecule has 0 aliphatic heterocycles. The van der Waals surface area contributed by atoms with E-state index < -0.39 is 0 Å². The summed E-state index contributed by atoms with van der Waals surface area (Å²) < 4.78 is 0. The van der Waals surface area contributed by atoms with Gasteiger partial charge >= 0.3 is 0 Å². The van der Waals surface area contributed by atoms with Gasteiger partial charge in [0.25, 0.3) is 0 Å². The van der Waals surface area contributed by atoms with Crippen LogP contribution in [-0.2, 0) is 4.79 Å². The summed E-state index contributed by atoms with van der Waals surface area (Å²) in [5.41, 5.74) is 0. The zero-order chi connectivity index (χ0) is 6.24. The highest BCUT2D eigenvalue weighted by molar-refractivity contribution is 5.34. The molecule has 0 bridgehead atoms. The molecule has 2 nitrogen and oxygen atoms in total. The minimum absolute atomic E-state index is 0.977. The molecule has 0 aromatic rings. The summed E-state index contributed by atoms with van der Waals surface area (Å²) in [5.74, 6) is 0. The summed E-state index contributed by atoms with van der Waals surface area (Å²) in [6.07, 6.45) is 6.79. The molecule has 0 aromatic carbocycles. The van der Waals surface area contributed by atoms with Crippen molar-refractivity contribution in [3.63, 3.8) is 0 Å². The van der Waals surface area contributed by atoms with Crippen molar-refractivity contribution in [2.75, 3.05) is 0 Å². The number of allylic oxidation sites excluding steroid dienone is 1. The highest BCUT2D eigenvalue weighted by Gasteiger charge is 1.67. The number of unbranched alkanes of at least 4 members (excludes halogenated alkanes) is 1. The van der Waals surface area contributed by atoms with Gasteiger partial charge in [-0.15, -0.1) is 0 Å². The maximum absolute atomic E-state index is 9.43. The highest BCUT2D eigenvalue weighted by Crippen LogP contribution is 1.86. The molecule has 0 heterocycles. The first kappa shape index (κ1) is 7.12. The number of carbonyl (C=O) groups excluding carboxylic acids is 1. The summed E-state index contributed by atoms with van der Waals surface area (Å²) in [7, 11) is 0. The standard InChI is InChI=1S/C6H9NO/c1-2-3-4-5-7-6-8/h4-5H,2-3H2,1H3. The van der Waals surface area contributed by atoms with Crippen molar-refractivity contribution in [3.8, 4) is 0 Å². The lowest BCUT2D eigenvalue weighted by Crippen LogP contribution is -1.57. The molecule has 2 heteroatoms. The van der Waals surface area contributed by atoms with Crippen LogP contribution in [0.25, 0.3) is 0 Å². The second kappa shape index (κ2) is 6.12. The molecule has 0 spiro atoms. The quantitative estimate of drug-likeness (QED) is 0.402. The van der Waals surface area contributed by atoms with E-state index in [1.165, 1.54) is 12.3 Å². The molecule has 0 N–H and O–H groups in total. The zero-order valence-electron chi connectivity index (χ0n) is 4.92. The van der Waals surface area contributed by atoms with Gasteiger partial charge in [0.05, 0.1) is 0 Å². The van der Waals surface area contributed by atoms with E-state index in [1.807, 2.05) is 6.08 Å². The minimum atomic E-state index is 0.977. The van der Waals surface area contributed by atoms with Crippen LogP contribution >= 0.6 is 0 Å². The summed E-state index contributed by atoms with van der Waals surface area (Å²) in [4.78, 5) is 12.6. The Kier molecular flexibility index (Phi) is 5.45. The van der Waals surface area contributed by atoms with E-state index in [1.54, 1.807) is 0 Å². The van der Waals surface area contributed by atoms with Crippen molar-refractivity contribution in [1.82, 2.24) is 0 Å². The third kappa shape index (κ3) is 5.12. The molecule has 0 atom stereocenters. The smallest absolute Gasteiger partial charge is 0.211 e. The van der Waals surface area contributed by atoms with Crippen LogP contribution in [0, 0.1) is 0 Å². The maximum Gasteiger partial charge on any atom is 0.239 e. The highest BCUT2D eigenvalue weighted by atomic mass is 16.1. The van der Waals surface area contributed by atoms with Crippen LogP contribution in [0.1, 0.15) is 19.8 Å². The lowest BCUT2D eigenvalue weighted by Gasteiger charge is -1.76. The average Bonchev–Trinajstić information content (AvgIpc) is 1.81. The van der Waals surface area contributed by atoms with Crippen LogP contribution < -0.4 is 0 Å². The second-order valence-electron chi connectivity index (χ2n) is 1.39. The molecule has 0 amide bonds. The van der Waals surface area contributed by atoms with E-state index in [2.05, 4.69) is 11.9 Å². The first-order chi connectivity index (χ1) is 3.91. The van der Waals surface area contributed by atoms with Gasteiger partial charge in [-0.25, -0.2) is 4.79 Å². The Morgan fingerprint density at radius 1 is 1.75 bits per heavy atom. The van der Waals surface area contributed by atoms with E-state index in [-0.39, 0.29) is 0 Å². The van der Waals surface area contributed by atoms with Crippen LogP contribution in [0.4, 0.5) is 0 Å². The molecule has 44 valence electrons. The molecule has 0 aliphatic rings. The van der Waals surface area contributed by atoms with E-state index in [9.17, 15) is 4.79 Å². The van der Waals surface area contributed by atoms with Crippen molar-refractivity contribution in [3.05, 3.63) is 12.3 Å². The third-order valence-corrected chi connectivity index (χ3v) is 0.688. The molecule has 0 radical (unpaired) electrons. The number of nitrogens with zero attached hydrogens (tertiary/aromatic N) is 1. The molecule has 0 saturated carbocycles. The van der Waals surface area contributed by atoms with Crippen LogP contribution in [0.15, 0.2) is 17.3 Å². The predicted octanol–water partition coefficient (Wildman–Crippen LogP) is 1.64. The summed E-state index contributed by atoms with van der Waals surface area (Å²) in [6, 6.07) is 0. The van der Waals surface area contributed by atoms with Crippen molar-refractivity contribution in [2.24, 2.45) is 4.99 Å². The number of hydrogen-bond acceptors (Lipinski definition) is 2. The van der Waals surface area contributed by atoms with Crippen LogP contribution in [0.2, 0.25) is 0 Å². The van der Waals surface area contributed by atoms with E-state index in [0.717, 1.165) is 12.8 Å². The van der Waals surface area contributed by atoms with Crippen molar-refractivity contribution < 1.29 is 4.79 Å². The molecule has 0 aromatic heterocycles. The largest absolute Gasteiger partial charge is 0.239 e. The number of aliphatic imine (C=N–C) groups is 1. The fourth-order valence-corrected chi connectivity index (χ4v) is 0.324. The fourth-order valence-electron chi connectivity index (χ4n) is 0.324. The van der Waals surface area contributed by atoms with Gasteiger partial charge in [-0.1, -0.05) is 19.4 Å². The number of hydrogen-bond donors (Lipinski definition) is 0. The Morgan fingerprint density at radius 3 is 3.00 bits per heavy atom.